The third-order valence-electron chi connectivity index (χ3n) is 3.98. The lowest BCUT2D eigenvalue weighted by Crippen LogP contribution is -2.11. The molecule has 0 saturated carbocycles. The average Bonchev–Trinajstić information content (AvgIpc) is 3.04. The number of H-pyrrole nitrogens is 1. The molecule has 6 heteroatoms. The second-order valence-electron chi connectivity index (χ2n) is 5.76. The van der Waals surface area contributed by atoms with Crippen molar-refractivity contribution in [3.63, 3.8) is 0 Å². The van der Waals surface area contributed by atoms with Gasteiger partial charge in [-0.1, -0.05) is 30.3 Å². The molecule has 0 aliphatic rings. The molecule has 0 aliphatic heterocycles. The number of imidazole rings is 1. The Hall–Kier alpha value is -2.96. The molecule has 6 nitrogen and oxygen atoms in total. The molecular formula is C19H19N3O3. The lowest BCUT2D eigenvalue weighted by Gasteiger charge is -2.11. The van der Waals surface area contributed by atoms with Gasteiger partial charge in [-0.25, -0.2) is 4.98 Å². The summed E-state index contributed by atoms with van der Waals surface area (Å²) in [6, 6.07) is 14.0. The summed E-state index contributed by atoms with van der Waals surface area (Å²) in [6.07, 6.45) is -0.834. The number of para-hydroxylation sites is 2. The van der Waals surface area contributed by atoms with Crippen LogP contribution in [0.15, 0.2) is 48.5 Å². The molecule has 1 unspecified atom stereocenters. The van der Waals surface area contributed by atoms with E-state index in [9.17, 15) is 15.0 Å². The van der Waals surface area contributed by atoms with Crippen molar-refractivity contribution in [1.82, 2.24) is 9.97 Å². The number of nitrogens with two attached hydrogens (primary N) is 1. The highest BCUT2D eigenvalue weighted by Crippen LogP contribution is 2.27. The van der Waals surface area contributed by atoms with Gasteiger partial charge in [-0.2, -0.15) is 0 Å². The Balaban J connectivity index is 2.14. The normalized spacial score (nSPS) is 13.6. The summed E-state index contributed by atoms with van der Waals surface area (Å²) < 4.78 is 0. The van der Waals surface area contributed by atoms with Crippen molar-refractivity contribution in [2.45, 2.75) is 13.0 Å². The van der Waals surface area contributed by atoms with Gasteiger partial charge < -0.3 is 20.9 Å². The molecule has 0 spiro atoms. The van der Waals surface area contributed by atoms with E-state index in [0.717, 1.165) is 5.52 Å². The van der Waals surface area contributed by atoms with Crippen LogP contribution in [0.25, 0.3) is 22.4 Å². The number of aliphatic hydroxyl groups is 2. The number of aliphatic hydroxyl groups excluding tert-OH is 2. The van der Waals surface area contributed by atoms with Gasteiger partial charge in [0.05, 0.1) is 17.1 Å². The van der Waals surface area contributed by atoms with Crippen LogP contribution in [0.2, 0.25) is 0 Å². The van der Waals surface area contributed by atoms with Crippen molar-refractivity contribution in [3.8, 4) is 0 Å². The minimum atomic E-state index is -0.834. The Morgan fingerprint density at radius 3 is 2.68 bits per heavy atom. The van der Waals surface area contributed by atoms with Crippen LogP contribution in [0.1, 0.15) is 30.0 Å². The fourth-order valence-electron chi connectivity index (χ4n) is 2.69. The van der Waals surface area contributed by atoms with Crippen LogP contribution in [-0.4, -0.2) is 32.5 Å². The van der Waals surface area contributed by atoms with Crippen LogP contribution in [0.5, 0.6) is 0 Å². The molecule has 0 fully saturated rings. The van der Waals surface area contributed by atoms with Crippen LogP contribution in [0, 0.1) is 0 Å². The number of Topliss-reactive ketones (excluding diaryl/α,β-unsaturated/α-hetero) is 1. The Labute approximate surface area is 144 Å². The summed E-state index contributed by atoms with van der Waals surface area (Å²) in [5, 5.41) is 20.6. The predicted molar refractivity (Wildman–Crippen MR) is 96.7 cm³/mol. The highest BCUT2D eigenvalue weighted by Gasteiger charge is 2.19. The number of ketones is 1. The molecule has 0 amide bonds. The number of hydrogen-bond acceptors (Lipinski definition) is 5. The van der Waals surface area contributed by atoms with E-state index < -0.39 is 6.10 Å². The van der Waals surface area contributed by atoms with Crippen molar-refractivity contribution < 1.29 is 15.0 Å². The van der Waals surface area contributed by atoms with E-state index in [-0.39, 0.29) is 23.7 Å². The summed E-state index contributed by atoms with van der Waals surface area (Å²) in [4.78, 5) is 19.6. The van der Waals surface area contributed by atoms with Crippen LogP contribution in [0.3, 0.4) is 0 Å². The van der Waals surface area contributed by atoms with Gasteiger partial charge in [-0.3, -0.25) is 4.79 Å². The SMILES string of the molecule is CC(=O)/C(=C(/O)c1cccc(C(O)CN)c1)c1nc2ccccc2[nH]1. The fraction of sp³-hybridized carbons (Fsp3) is 0.158. The molecule has 1 atom stereocenters. The van der Waals surface area contributed by atoms with Gasteiger partial charge >= 0.3 is 0 Å². The minimum absolute atomic E-state index is 0.0665. The number of allylic oxidation sites excluding steroid dienone is 1. The zero-order chi connectivity index (χ0) is 18.0. The Bertz CT molecular complexity index is 926. The molecule has 1 aromatic heterocycles. The number of carbonyl (C=O) groups excluding carboxylic acids is 1. The zero-order valence-electron chi connectivity index (χ0n) is 13.7. The second-order valence-corrected chi connectivity index (χ2v) is 5.76. The van der Waals surface area contributed by atoms with Crippen LogP contribution < -0.4 is 5.73 Å². The molecule has 2 aromatic carbocycles. The minimum Gasteiger partial charge on any atom is -0.506 e. The molecule has 3 aromatic rings. The maximum absolute atomic E-state index is 12.2. The third kappa shape index (κ3) is 3.31. The van der Waals surface area contributed by atoms with Crippen molar-refractivity contribution in [3.05, 3.63) is 65.5 Å². The van der Waals surface area contributed by atoms with E-state index in [1.165, 1.54) is 6.92 Å². The van der Waals surface area contributed by atoms with E-state index >= 15 is 0 Å². The quantitative estimate of drug-likeness (QED) is 0.422. The first kappa shape index (κ1) is 16.9. The van der Waals surface area contributed by atoms with E-state index in [1.807, 2.05) is 24.3 Å². The van der Waals surface area contributed by atoms with Gasteiger partial charge in [-0.05, 0) is 30.7 Å². The lowest BCUT2D eigenvalue weighted by atomic mass is 10.0. The summed E-state index contributed by atoms with van der Waals surface area (Å²) in [5.41, 5.74) is 8.03. The highest BCUT2D eigenvalue weighted by atomic mass is 16.3. The second kappa shape index (κ2) is 6.88. The topological polar surface area (TPSA) is 112 Å². The van der Waals surface area contributed by atoms with Crippen molar-refractivity contribution in [2.75, 3.05) is 6.54 Å². The highest BCUT2D eigenvalue weighted by molar-refractivity contribution is 6.25. The number of rotatable bonds is 5. The van der Waals surface area contributed by atoms with Gasteiger partial charge in [-0.15, -0.1) is 0 Å². The Kier molecular flexibility index (Phi) is 4.65. The van der Waals surface area contributed by atoms with Gasteiger partial charge in [0.15, 0.2) is 5.78 Å². The van der Waals surface area contributed by atoms with Crippen LogP contribution in [-0.2, 0) is 4.79 Å². The molecule has 0 saturated heterocycles. The zero-order valence-corrected chi connectivity index (χ0v) is 13.7. The van der Waals surface area contributed by atoms with E-state index in [0.29, 0.717) is 22.5 Å². The van der Waals surface area contributed by atoms with Gasteiger partial charge in [0, 0.05) is 12.1 Å². The predicted octanol–water partition coefficient (Wildman–Crippen LogP) is 2.57. The Morgan fingerprint density at radius 2 is 2.00 bits per heavy atom. The van der Waals surface area contributed by atoms with E-state index in [2.05, 4.69) is 9.97 Å². The summed E-state index contributed by atoms with van der Waals surface area (Å²) in [6.45, 7) is 1.44. The number of nitrogens with one attached hydrogen (secondary N) is 1. The van der Waals surface area contributed by atoms with Gasteiger partial charge in [0.1, 0.15) is 17.2 Å². The number of aromatic nitrogens is 2. The number of nitrogens with zero attached hydrogens (tertiary/aromatic N) is 1. The van der Waals surface area contributed by atoms with Gasteiger partial charge in [0.25, 0.3) is 0 Å². The molecule has 0 aliphatic carbocycles. The molecule has 25 heavy (non-hydrogen) atoms. The third-order valence-corrected chi connectivity index (χ3v) is 3.98. The first-order valence-electron chi connectivity index (χ1n) is 7.89. The smallest absolute Gasteiger partial charge is 0.167 e. The first-order valence-corrected chi connectivity index (χ1v) is 7.89. The standard InChI is InChI=1S/C19H19N3O3/c1-11(23)17(19-21-14-7-2-3-8-15(14)22-19)18(25)13-6-4-5-12(9-13)16(24)10-20/h2-9,16,24-25H,10,20H2,1H3,(H,21,22)/b18-17-. The van der Waals surface area contributed by atoms with E-state index in [4.69, 9.17) is 5.73 Å². The summed E-state index contributed by atoms with van der Waals surface area (Å²) >= 11 is 0. The van der Waals surface area contributed by atoms with E-state index in [1.54, 1.807) is 24.3 Å². The van der Waals surface area contributed by atoms with Crippen LogP contribution in [0.4, 0.5) is 0 Å². The largest absolute Gasteiger partial charge is 0.506 e. The molecule has 5 N–H and O–H groups in total. The number of fused-ring (bicyclic) bond motifs is 1. The lowest BCUT2D eigenvalue weighted by molar-refractivity contribution is -0.111. The molecule has 3 rings (SSSR count). The number of benzene rings is 2. The summed E-state index contributed by atoms with van der Waals surface area (Å²) in [5.74, 6) is -0.213. The van der Waals surface area contributed by atoms with Gasteiger partial charge in [0.2, 0.25) is 0 Å². The molecule has 1 heterocycles. The van der Waals surface area contributed by atoms with Crippen molar-refractivity contribution in [2.24, 2.45) is 5.73 Å². The van der Waals surface area contributed by atoms with Crippen molar-refractivity contribution in [1.29, 1.82) is 0 Å². The first-order chi connectivity index (χ1) is 12.0. The molecule has 0 bridgehead atoms. The van der Waals surface area contributed by atoms with Crippen LogP contribution >= 0.6 is 0 Å². The Morgan fingerprint density at radius 1 is 1.24 bits per heavy atom. The summed E-state index contributed by atoms with van der Waals surface area (Å²) in [7, 11) is 0. The molecule has 0 radical (unpaired) electrons. The molecule has 128 valence electrons. The fourth-order valence-corrected chi connectivity index (χ4v) is 2.69. The number of carbonyl (C=O) groups is 1. The molecular weight excluding hydrogens is 318 g/mol. The number of hydrogen-bond donors (Lipinski definition) is 4. The van der Waals surface area contributed by atoms with Crippen molar-refractivity contribution >= 4 is 28.1 Å². The maximum Gasteiger partial charge on any atom is 0.167 e. The maximum atomic E-state index is 12.2. The monoisotopic (exact) mass is 337 g/mol. The average molecular weight is 337 g/mol. The number of aromatic amines is 1.